The minimum Gasteiger partial charge on any atom is -0.496 e. The molecule has 0 saturated heterocycles. The summed E-state index contributed by atoms with van der Waals surface area (Å²) in [7, 11) is 1.31. The first-order chi connectivity index (χ1) is 12.7. The number of carbonyl (C=O) groups is 2. The maximum atomic E-state index is 13.2. The number of amides is 1. The highest BCUT2D eigenvalue weighted by atomic mass is 19.2. The molecule has 0 radical (unpaired) electrons. The van der Waals surface area contributed by atoms with E-state index in [0.717, 1.165) is 18.2 Å². The highest BCUT2D eigenvalue weighted by molar-refractivity contribution is 5.96. The Balaban J connectivity index is 2.26. The molecule has 10 heteroatoms. The van der Waals surface area contributed by atoms with Crippen molar-refractivity contribution >= 4 is 17.6 Å². The van der Waals surface area contributed by atoms with E-state index in [-0.39, 0.29) is 29.0 Å². The Morgan fingerprint density at radius 2 is 1.93 bits per heavy atom. The first kappa shape index (κ1) is 19.8. The van der Waals surface area contributed by atoms with Crippen LogP contribution < -0.4 is 10.1 Å². The summed E-state index contributed by atoms with van der Waals surface area (Å²) in [5.74, 6) is -4.56. The van der Waals surface area contributed by atoms with E-state index >= 15 is 0 Å². The van der Waals surface area contributed by atoms with Crippen LogP contribution in [-0.4, -0.2) is 35.1 Å². The lowest BCUT2D eigenvalue weighted by molar-refractivity contribution is -0.384. The highest BCUT2D eigenvalue weighted by Gasteiger charge is 2.24. The van der Waals surface area contributed by atoms with Crippen LogP contribution in [0, 0.1) is 21.7 Å². The number of hydrogen-bond donors (Lipinski definition) is 2. The van der Waals surface area contributed by atoms with Gasteiger partial charge in [-0.1, -0.05) is 0 Å². The van der Waals surface area contributed by atoms with Crippen molar-refractivity contribution in [2.45, 2.75) is 12.5 Å². The molecule has 142 valence electrons. The molecule has 8 nitrogen and oxygen atoms in total. The van der Waals surface area contributed by atoms with E-state index in [9.17, 15) is 33.6 Å². The fraction of sp³-hybridized carbons (Fsp3) is 0.176. The van der Waals surface area contributed by atoms with Gasteiger partial charge in [-0.2, -0.15) is 0 Å². The standard InChI is InChI=1S/C17H14F2N2O6/c1-27-15-5-3-11(21(25)26)6-10(15)8-14(17(23)24)20-16(22)9-2-4-12(18)13(19)7-9/h2-7,14H,8H2,1H3,(H,20,22)(H,23,24)/t14-/m1/s1. The number of nitrogens with zero attached hydrogens (tertiary/aromatic N) is 1. The molecule has 0 aliphatic heterocycles. The second kappa shape index (κ2) is 8.21. The number of aliphatic carboxylic acids is 1. The van der Waals surface area contributed by atoms with Crippen LogP contribution in [0.5, 0.6) is 5.75 Å². The minimum atomic E-state index is -1.48. The van der Waals surface area contributed by atoms with Crippen LogP contribution in [0.4, 0.5) is 14.5 Å². The molecule has 0 unspecified atom stereocenters. The van der Waals surface area contributed by atoms with Crippen molar-refractivity contribution in [2.75, 3.05) is 7.11 Å². The Morgan fingerprint density at radius 1 is 1.22 bits per heavy atom. The van der Waals surface area contributed by atoms with Gasteiger partial charge in [0.25, 0.3) is 11.6 Å². The van der Waals surface area contributed by atoms with Crippen molar-refractivity contribution < 1.29 is 33.1 Å². The molecule has 1 amide bonds. The van der Waals surface area contributed by atoms with Crippen molar-refractivity contribution in [1.29, 1.82) is 0 Å². The smallest absolute Gasteiger partial charge is 0.326 e. The molecule has 0 bridgehead atoms. The SMILES string of the molecule is COc1ccc([N+](=O)[O-])cc1C[C@@H](NC(=O)c1ccc(F)c(F)c1)C(=O)O. The fourth-order valence-electron chi connectivity index (χ4n) is 2.34. The number of benzene rings is 2. The van der Waals surface area contributed by atoms with E-state index in [1.165, 1.54) is 19.2 Å². The number of non-ortho nitro benzene ring substituents is 1. The molecule has 1 atom stereocenters. The number of nitro groups is 1. The first-order valence-corrected chi connectivity index (χ1v) is 7.53. The van der Waals surface area contributed by atoms with Gasteiger partial charge in [0.1, 0.15) is 11.8 Å². The lowest BCUT2D eigenvalue weighted by Crippen LogP contribution is -2.42. The number of hydrogen-bond acceptors (Lipinski definition) is 5. The molecule has 2 N–H and O–H groups in total. The zero-order valence-corrected chi connectivity index (χ0v) is 13.9. The fourth-order valence-corrected chi connectivity index (χ4v) is 2.34. The van der Waals surface area contributed by atoms with E-state index in [1.54, 1.807) is 0 Å². The molecular formula is C17H14F2N2O6. The quantitative estimate of drug-likeness (QED) is 0.562. The molecule has 2 aromatic carbocycles. The molecule has 0 saturated carbocycles. The van der Waals surface area contributed by atoms with E-state index < -0.39 is 34.5 Å². The van der Waals surface area contributed by atoms with Crippen molar-refractivity contribution in [3.8, 4) is 5.75 Å². The predicted molar refractivity (Wildman–Crippen MR) is 88.6 cm³/mol. The van der Waals surface area contributed by atoms with Gasteiger partial charge in [-0.25, -0.2) is 13.6 Å². The minimum absolute atomic E-state index is 0.185. The first-order valence-electron chi connectivity index (χ1n) is 7.53. The molecule has 0 heterocycles. The normalized spacial score (nSPS) is 11.5. The number of carboxylic acids is 1. The summed E-state index contributed by atoms with van der Waals surface area (Å²) in [5.41, 5.74) is -0.363. The molecule has 0 spiro atoms. The molecule has 0 aromatic heterocycles. The third-order valence-corrected chi connectivity index (χ3v) is 3.68. The van der Waals surface area contributed by atoms with Crippen LogP contribution >= 0.6 is 0 Å². The van der Waals surface area contributed by atoms with Gasteiger partial charge in [-0.05, 0) is 24.3 Å². The summed E-state index contributed by atoms with van der Waals surface area (Å²) >= 11 is 0. The maximum absolute atomic E-state index is 13.2. The molecule has 0 aliphatic carbocycles. The topological polar surface area (TPSA) is 119 Å². The predicted octanol–water partition coefficient (Wildman–Crippen LogP) is 2.31. The third-order valence-electron chi connectivity index (χ3n) is 3.68. The van der Waals surface area contributed by atoms with Crippen molar-refractivity contribution in [3.63, 3.8) is 0 Å². The molecule has 2 aromatic rings. The Kier molecular flexibility index (Phi) is 6.01. The Hall–Kier alpha value is -3.56. The van der Waals surface area contributed by atoms with Crippen molar-refractivity contribution in [1.82, 2.24) is 5.32 Å². The second-order valence-corrected chi connectivity index (χ2v) is 5.45. The second-order valence-electron chi connectivity index (χ2n) is 5.45. The summed E-state index contributed by atoms with van der Waals surface area (Å²) in [6, 6.07) is 4.53. The monoisotopic (exact) mass is 380 g/mol. The molecule has 0 fully saturated rings. The average Bonchev–Trinajstić information content (AvgIpc) is 2.62. The van der Waals surface area contributed by atoms with E-state index in [0.29, 0.717) is 6.07 Å². The number of nitro benzene ring substituents is 1. The van der Waals surface area contributed by atoms with Crippen LogP contribution in [0.25, 0.3) is 0 Å². The van der Waals surface area contributed by atoms with Gasteiger partial charge in [-0.3, -0.25) is 14.9 Å². The van der Waals surface area contributed by atoms with Gasteiger partial charge < -0.3 is 15.2 Å². The largest absolute Gasteiger partial charge is 0.496 e. The van der Waals surface area contributed by atoms with Gasteiger partial charge in [0, 0.05) is 29.7 Å². The lowest BCUT2D eigenvalue weighted by atomic mass is 10.0. The van der Waals surface area contributed by atoms with Gasteiger partial charge in [0.2, 0.25) is 0 Å². The van der Waals surface area contributed by atoms with Crippen LogP contribution in [0.3, 0.4) is 0 Å². The zero-order chi connectivity index (χ0) is 20.1. The highest BCUT2D eigenvalue weighted by Crippen LogP contribution is 2.25. The Morgan fingerprint density at radius 3 is 2.48 bits per heavy atom. The zero-order valence-electron chi connectivity index (χ0n) is 13.9. The number of rotatable bonds is 7. The molecule has 2 rings (SSSR count). The Bertz CT molecular complexity index is 903. The van der Waals surface area contributed by atoms with Crippen LogP contribution in [0.15, 0.2) is 36.4 Å². The van der Waals surface area contributed by atoms with Gasteiger partial charge >= 0.3 is 5.97 Å². The summed E-state index contributed by atoms with van der Waals surface area (Å²) in [5, 5.41) is 22.4. The van der Waals surface area contributed by atoms with Crippen LogP contribution in [-0.2, 0) is 11.2 Å². The van der Waals surface area contributed by atoms with Gasteiger partial charge in [0.05, 0.1) is 12.0 Å². The number of nitrogens with one attached hydrogen (secondary N) is 1. The van der Waals surface area contributed by atoms with E-state index in [2.05, 4.69) is 5.32 Å². The van der Waals surface area contributed by atoms with E-state index in [1.807, 2.05) is 0 Å². The number of carbonyl (C=O) groups excluding carboxylic acids is 1. The lowest BCUT2D eigenvalue weighted by Gasteiger charge is -2.16. The molecular weight excluding hydrogens is 366 g/mol. The average molecular weight is 380 g/mol. The number of halogens is 2. The summed E-state index contributed by atoms with van der Waals surface area (Å²) in [6.07, 6.45) is -0.324. The Labute approximate surface area is 151 Å². The third kappa shape index (κ3) is 4.75. The van der Waals surface area contributed by atoms with Crippen LogP contribution in [0.2, 0.25) is 0 Å². The van der Waals surface area contributed by atoms with E-state index in [4.69, 9.17) is 4.74 Å². The summed E-state index contributed by atoms with van der Waals surface area (Å²) in [4.78, 5) is 33.9. The number of methoxy groups -OCH3 is 1. The van der Waals surface area contributed by atoms with Gasteiger partial charge in [0.15, 0.2) is 11.6 Å². The van der Waals surface area contributed by atoms with Crippen molar-refractivity contribution in [3.05, 3.63) is 69.3 Å². The summed E-state index contributed by atoms with van der Waals surface area (Å²) in [6.45, 7) is 0. The maximum Gasteiger partial charge on any atom is 0.326 e. The number of carboxylic acid groups (broad SMARTS) is 1. The summed E-state index contributed by atoms with van der Waals surface area (Å²) < 4.78 is 31.3. The van der Waals surface area contributed by atoms with Crippen molar-refractivity contribution in [2.24, 2.45) is 0 Å². The molecule has 27 heavy (non-hydrogen) atoms. The molecule has 0 aliphatic rings. The van der Waals surface area contributed by atoms with Gasteiger partial charge in [-0.15, -0.1) is 0 Å². The number of ether oxygens (including phenoxy) is 1. The van der Waals surface area contributed by atoms with Crippen LogP contribution in [0.1, 0.15) is 15.9 Å².